The molecule has 388 valence electrons. The van der Waals surface area contributed by atoms with Gasteiger partial charge in [0, 0.05) is 12.8 Å². The number of hydrogen-bond acceptors (Lipinski definition) is 5. The Labute approximate surface area is 411 Å². The van der Waals surface area contributed by atoms with Crippen molar-refractivity contribution in [2.24, 2.45) is 0 Å². The number of unbranched alkanes of at least 4 members (excludes halogenated alkanes) is 39. The molecule has 1 amide bonds. The smallest absolute Gasteiger partial charge is 0.305 e. The summed E-state index contributed by atoms with van der Waals surface area (Å²) in [5, 5.41) is 23.0. The Hall–Kier alpha value is -1.92. The first-order valence-electron chi connectivity index (χ1n) is 29.3. The second-order valence-corrected chi connectivity index (χ2v) is 20.0. The summed E-state index contributed by atoms with van der Waals surface area (Å²) in [6.45, 7) is 4.88. The van der Waals surface area contributed by atoms with Crippen LogP contribution in [0.25, 0.3) is 0 Å². The fourth-order valence-electron chi connectivity index (χ4n) is 8.86. The van der Waals surface area contributed by atoms with E-state index in [9.17, 15) is 19.8 Å². The van der Waals surface area contributed by atoms with Gasteiger partial charge in [0.25, 0.3) is 0 Å². The fourth-order valence-corrected chi connectivity index (χ4v) is 8.86. The highest BCUT2D eigenvalue weighted by molar-refractivity contribution is 5.76. The number of carbonyl (C=O) groups excluding carboxylic acids is 2. The van der Waals surface area contributed by atoms with Crippen LogP contribution in [0.3, 0.4) is 0 Å². The van der Waals surface area contributed by atoms with Crippen LogP contribution in [0.4, 0.5) is 0 Å². The van der Waals surface area contributed by atoms with Gasteiger partial charge in [-0.05, 0) is 83.5 Å². The van der Waals surface area contributed by atoms with Crippen molar-refractivity contribution in [3.8, 4) is 0 Å². The van der Waals surface area contributed by atoms with E-state index in [0.717, 1.165) is 51.4 Å². The van der Waals surface area contributed by atoms with E-state index in [1.165, 1.54) is 231 Å². The minimum Gasteiger partial charge on any atom is -0.466 e. The molecule has 6 nitrogen and oxygen atoms in total. The summed E-state index contributed by atoms with van der Waals surface area (Å²) in [6.07, 6.45) is 68.9. The Balaban J connectivity index is 3.40. The van der Waals surface area contributed by atoms with Gasteiger partial charge in [0.15, 0.2) is 0 Å². The predicted molar refractivity (Wildman–Crippen MR) is 287 cm³/mol. The number of hydrogen-bond donors (Lipinski definition) is 3. The minimum absolute atomic E-state index is 0.00568. The summed E-state index contributed by atoms with van der Waals surface area (Å²) < 4.78 is 5.49. The zero-order chi connectivity index (χ0) is 47.9. The highest BCUT2D eigenvalue weighted by Gasteiger charge is 2.18. The van der Waals surface area contributed by atoms with E-state index in [-0.39, 0.29) is 18.5 Å². The van der Waals surface area contributed by atoms with E-state index in [1.54, 1.807) is 6.08 Å². The minimum atomic E-state index is -0.847. The maximum atomic E-state index is 12.4. The molecule has 0 aromatic carbocycles. The quantitative estimate of drug-likeness (QED) is 0.0321. The van der Waals surface area contributed by atoms with Crippen LogP contribution in [0.1, 0.15) is 309 Å². The molecule has 0 rings (SSSR count). The molecule has 0 aliphatic heterocycles. The molecule has 0 heterocycles. The largest absolute Gasteiger partial charge is 0.466 e. The van der Waals surface area contributed by atoms with Crippen molar-refractivity contribution in [1.82, 2.24) is 5.32 Å². The maximum Gasteiger partial charge on any atom is 0.305 e. The number of rotatable bonds is 54. The molecule has 66 heavy (non-hydrogen) atoms. The third-order valence-electron chi connectivity index (χ3n) is 13.4. The summed E-state index contributed by atoms with van der Waals surface area (Å²) in [4.78, 5) is 24.5. The van der Waals surface area contributed by atoms with E-state index in [2.05, 4.69) is 43.5 Å². The van der Waals surface area contributed by atoms with Crippen LogP contribution in [-0.2, 0) is 14.3 Å². The van der Waals surface area contributed by atoms with Gasteiger partial charge in [-0.2, -0.15) is 0 Å². The van der Waals surface area contributed by atoms with Gasteiger partial charge in [-0.25, -0.2) is 0 Å². The van der Waals surface area contributed by atoms with Crippen LogP contribution >= 0.6 is 0 Å². The standard InChI is InChI=1S/C60H113NO5/c1-3-5-7-9-11-13-15-16-17-24-28-31-34-38-42-46-50-54-60(65)66-55-51-47-43-39-35-32-29-26-23-21-19-18-20-22-25-27-30-33-37-41-45-49-53-59(64)61-57(56-62)58(63)52-48-44-40-36-14-12-10-8-6-4-2/h16-17,20,22,48,52,57-58,62-63H,3-15,18-19,21,23-47,49-51,53-56H2,1-2H3,(H,61,64)/b17-16-,22-20-,52-48+. The predicted octanol–water partition coefficient (Wildman–Crippen LogP) is 18.0. The number of nitrogens with one attached hydrogen (secondary N) is 1. The zero-order valence-corrected chi connectivity index (χ0v) is 44.2. The Bertz CT molecular complexity index is 1070. The summed E-state index contributed by atoms with van der Waals surface area (Å²) in [6, 6.07) is -0.631. The van der Waals surface area contributed by atoms with Crippen LogP contribution < -0.4 is 5.32 Å². The number of ether oxygens (including phenoxy) is 1. The molecular formula is C60H113NO5. The van der Waals surface area contributed by atoms with Gasteiger partial charge in [0.05, 0.1) is 25.4 Å². The molecule has 0 aromatic heterocycles. The zero-order valence-electron chi connectivity index (χ0n) is 44.2. The first kappa shape index (κ1) is 64.1. The highest BCUT2D eigenvalue weighted by Crippen LogP contribution is 2.16. The normalized spacial score (nSPS) is 12.8. The van der Waals surface area contributed by atoms with Gasteiger partial charge in [0.1, 0.15) is 0 Å². The summed E-state index contributed by atoms with van der Waals surface area (Å²) in [5.41, 5.74) is 0. The lowest BCUT2D eigenvalue weighted by molar-refractivity contribution is -0.143. The molecule has 2 atom stereocenters. The topological polar surface area (TPSA) is 95.9 Å². The SMILES string of the molecule is CCCCCCCC/C=C\CCCCCCCCCC(=O)OCCCCCCCCCCCCC/C=C\CCCCCCCCCC(=O)NC(CO)C(O)/C=C/CCCCCCCCCC. The number of allylic oxidation sites excluding steroid dienone is 5. The lowest BCUT2D eigenvalue weighted by atomic mass is 10.0. The molecule has 2 unspecified atom stereocenters. The second-order valence-electron chi connectivity index (χ2n) is 20.0. The third kappa shape index (κ3) is 51.5. The van der Waals surface area contributed by atoms with Gasteiger partial charge in [-0.3, -0.25) is 9.59 Å². The monoisotopic (exact) mass is 928 g/mol. The molecule has 0 saturated carbocycles. The Morgan fingerprint density at radius 1 is 0.409 bits per heavy atom. The molecule has 0 saturated heterocycles. The molecule has 0 fully saturated rings. The maximum absolute atomic E-state index is 12.4. The average Bonchev–Trinajstić information content (AvgIpc) is 3.32. The first-order valence-corrected chi connectivity index (χ1v) is 29.3. The molecule has 0 spiro atoms. The van der Waals surface area contributed by atoms with Crippen LogP contribution in [-0.4, -0.2) is 47.4 Å². The number of esters is 1. The van der Waals surface area contributed by atoms with Crippen LogP contribution in [0.5, 0.6) is 0 Å². The van der Waals surface area contributed by atoms with Crippen LogP contribution in [0, 0.1) is 0 Å². The average molecular weight is 929 g/mol. The Morgan fingerprint density at radius 3 is 1.08 bits per heavy atom. The summed E-state index contributed by atoms with van der Waals surface area (Å²) in [5.74, 6) is -0.0714. The molecule has 0 bridgehead atoms. The van der Waals surface area contributed by atoms with E-state index < -0.39 is 12.1 Å². The van der Waals surface area contributed by atoms with E-state index in [1.807, 2.05) is 6.08 Å². The molecule has 0 aliphatic carbocycles. The van der Waals surface area contributed by atoms with Crippen molar-refractivity contribution in [3.63, 3.8) is 0 Å². The van der Waals surface area contributed by atoms with E-state index >= 15 is 0 Å². The molecule has 0 aliphatic rings. The number of aliphatic hydroxyl groups is 2. The number of carbonyl (C=O) groups is 2. The number of amides is 1. The van der Waals surface area contributed by atoms with Crippen molar-refractivity contribution >= 4 is 11.9 Å². The fraction of sp³-hybridized carbons (Fsp3) is 0.867. The Morgan fingerprint density at radius 2 is 0.712 bits per heavy atom. The molecule has 3 N–H and O–H groups in total. The summed E-state index contributed by atoms with van der Waals surface area (Å²) >= 11 is 0. The Kier molecular flexibility index (Phi) is 54.1. The number of aliphatic hydroxyl groups excluding tert-OH is 2. The van der Waals surface area contributed by atoms with Crippen LogP contribution in [0.15, 0.2) is 36.5 Å². The van der Waals surface area contributed by atoms with Crippen LogP contribution in [0.2, 0.25) is 0 Å². The van der Waals surface area contributed by atoms with Crippen molar-refractivity contribution in [2.45, 2.75) is 321 Å². The first-order chi connectivity index (χ1) is 32.5. The summed E-state index contributed by atoms with van der Waals surface area (Å²) in [7, 11) is 0. The van der Waals surface area contributed by atoms with E-state index in [0.29, 0.717) is 19.4 Å². The third-order valence-corrected chi connectivity index (χ3v) is 13.4. The lowest BCUT2D eigenvalue weighted by Crippen LogP contribution is -2.45. The highest BCUT2D eigenvalue weighted by atomic mass is 16.5. The van der Waals surface area contributed by atoms with Crippen molar-refractivity contribution in [3.05, 3.63) is 36.5 Å². The molecular weight excluding hydrogens is 815 g/mol. The van der Waals surface area contributed by atoms with E-state index in [4.69, 9.17) is 4.74 Å². The van der Waals surface area contributed by atoms with Crippen molar-refractivity contribution in [2.75, 3.05) is 13.2 Å². The molecule has 0 radical (unpaired) electrons. The van der Waals surface area contributed by atoms with Gasteiger partial charge in [-0.15, -0.1) is 0 Å². The lowest BCUT2D eigenvalue weighted by Gasteiger charge is -2.20. The van der Waals surface area contributed by atoms with Crippen molar-refractivity contribution in [1.29, 1.82) is 0 Å². The van der Waals surface area contributed by atoms with Gasteiger partial charge in [0.2, 0.25) is 5.91 Å². The molecule has 6 heteroatoms. The van der Waals surface area contributed by atoms with Gasteiger partial charge >= 0.3 is 5.97 Å². The second kappa shape index (κ2) is 55.7. The van der Waals surface area contributed by atoms with Crippen molar-refractivity contribution < 1.29 is 24.5 Å². The van der Waals surface area contributed by atoms with Gasteiger partial charge in [-0.1, -0.05) is 249 Å². The molecule has 0 aromatic rings. The van der Waals surface area contributed by atoms with Gasteiger partial charge < -0.3 is 20.3 Å².